The van der Waals surface area contributed by atoms with E-state index in [1.165, 1.54) is 6.92 Å². The number of hydrogen-bond acceptors (Lipinski definition) is 3. The molecule has 2 rings (SSSR count). The van der Waals surface area contributed by atoms with Gasteiger partial charge in [0.15, 0.2) is 5.82 Å². The number of oxime groups is 1. The van der Waals surface area contributed by atoms with E-state index in [0.717, 1.165) is 4.57 Å². The molecule has 0 unspecified atom stereocenters. The van der Waals surface area contributed by atoms with E-state index in [-0.39, 0.29) is 11.5 Å². The van der Waals surface area contributed by atoms with Gasteiger partial charge in [0.25, 0.3) is 0 Å². The molecule has 1 heterocycles. The number of rotatable bonds is 2. The molecule has 0 spiro atoms. The molecule has 2 aromatic rings. The molecule has 0 saturated heterocycles. The van der Waals surface area contributed by atoms with Crippen LogP contribution in [0.25, 0.3) is 11.0 Å². The third-order valence-electron chi connectivity index (χ3n) is 2.26. The molecule has 0 bridgehead atoms. The first-order valence-corrected chi connectivity index (χ1v) is 4.59. The molecule has 0 saturated carbocycles. The van der Waals surface area contributed by atoms with E-state index in [0.29, 0.717) is 11.0 Å². The first-order chi connectivity index (χ1) is 7.65. The van der Waals surface area contributed by atoms with Crippen LogP contribution in [-0.4, -0.2) is 20.5 Å². The number of hydrogen-bond donors (Lipinski definition) is 1. The predicted molar refractivity (Wildman–Crippen MR) is 55.0 cm³/mol. The van der Waals surface area contributed by atoms with Crippen LogP contribution in [0.3, 0.4) is 0 Å². The van der Waals surface area contributed by atoms with Gasteiger partial charge in [-0.3, -0.25) is 4.57 Å². The fourth-order valence-electron chi connectivity index (χ4n) is 1.54. The zero-order valence-corrected chi connectivity index (χ0v) is 8.43. The van der Waals surface area contributed by atoms with Gasteiger partial charge in [-0.25, -0.2) is 4.98 Å². The normalized spacial score (nSPS) is 12.6. The van der Waals surface area contributed by atoms with Crippen molar-refractivity contribution in [3.63, 3.8) is 0 Å². The summed E-state index contributed by atoms with van der Waals surface area (Å²) in [6.07, 6.45) is 0. The second-order valence-electron chi connectivity index (χ2n) is 3.26. The molecule has 0 fully saturated rings. The van der Waals surface area contributed by atoms with Crippen molar-refractivity contribution in [1.82, 2.24) is 9.55 Å². The first kappa shape index (κ1) is 10.5. The minimum absolute atomic E-state index is 0.0290. The lowest BCUT2D eigenvalue weighted by molar-refractivity contribution is 0.0739. The predicted octanol–water partition coefficient (Wildman–Crippen LogP) is 2.63. The molecule has 0 amide bonds. The second kappa shape index (κ2) is 3.88. The zero-order chi connectivity index (χ0) is 11.7. The lowest BCUT2D eigenvalue weighted by atomic mass is 10.3. The van der Waals surface area contributed by atoms with E-state index in [9.17, 15) is 8.78 Å². The molecular formula is C10H9F2N3O. The van der Waals surface area contributed by atoms with Crippen LogP contribution >= 0.6 is 0 Å². The molecule has 0 aliphatic carbocycles. The Hall–Kier alpha value is -1.98. The molecule has 84 valence electrons. The summed E-state index contributed by atoms with van der Waals surface area (Å²) < 4.78 is 26.5. The fourth-order valence-corrected chi connectivity index (χ4v) is 1.54. The monoisotopic (exact) mass is 225 g/mol. The Balaban J connectivity index is 2.78. The molecule has 16 heavy (non-hydrogen) atoms. The summed E-state index contributed by atoms with van der Waals surface area (Å²) >= 11 is 0. The van der Waals surface area contributed by atoms with Crippen LogP contribution in [0.5, 0.6) is 0 Å². The molecule has 1 aromatic carbocycles. The topological polar surface area (TPSA) is 50.4 Å². The average Bonchev–Trinajstić information content (AvgIpc) is 2.67. The van der Waals surface area contributed by atoms with Gasteiger partial charge in [0, 0.05) is 0 Å². The van der Waals surface area contributed by atoms with Crippen LogP contribution in [0.2, 0.25) is 0 Å². The number of halogens is 2. The molecule has 0 aliphatic heterocycles. The van der Waals surface area contributed by atoms with Crippen molar-refractivity contribution in [3.05, 3.63) is 30.1 Å². The number of fused-ring (bicyclic) bond motifs is 1. The van der Waals surface area contributed by atoms with Crippen molar-refractivity contribution in [2.24, 2.45) is 5.16 Å². The van der Waals surface area contributed by atoms with Gasteiger partial charge < -0.3 is 5.21 Å². The van der Waals surface area contributed by atoms with E-state index in [4.69, 9.17) is 5.21 Å². The fraction of sp³-hybridized carbons (Fsp3) is 0.200. The van der Waals surface area contributed by atoms with E-state index in [1.807, 2.05) is 0 Å². The van der Waals surface area contributed by atoms with Crippen molar-refractivity contribution in [2.75, 3.05) is 0 Å². The summed E-state index contributed by atoms with van der Waals surface area (Å²) in [6, 6.07) is 6.53. The van der Waals surface area contributed by atoms with Gasteiger partial charge in [0.2, 0.25) is 0 Å². The van der Waals surface area contributed by atoms with Crippen molar-refractivity contribution in [2.45, 2.75) is 13.5 Å². The molecule has 0 atom stereocenters. The maximum Gasteiger partial charge on any atom is 0.320 e. The maximum atomic E-state index is 12.9. The van der Waals surface area contributed by atoms with E-state index >= 15 is 0 Å². The van der Waals surface area contributed by atoms with Crippen LogP contribution in [0.15, 0.2) is 29.4 Å². The number of aromatic nitrogens is 2. The highest BCUT2D eigenvalue weighted by atomic mass is 19.3. The molecule has 1 aromatic heterocycles. The van der Waals surface area contributed by atoms with Crippen molar-refractivity contribution in [1.29, 1.82) is 0 Å². The largest absolute Gasteiger partial charge is 0.411 e. The summed E-state index contributed by atoms with van der Waals surface area (Å²) in [5.74, 6) is -0.0290. The smallest absolute Gasteiger partial charge is 0.320 e. The molecule has 1 N–H and O–H groups in total. The van der Waals surface area contributed by atoms with Crippen molar-refractivity contribution >= 4 is 16.7 Å². The Kier molecular flexibility index (Phi) is 2.55. The van der Waals surface area contributed by atoms with Crippen LogP contribution in [0.1, 0.15) is 19.3 Å². The van der Waals surface area contributed by atoms with Gasteiger partial charge >= 0.3 is 6.55 Å². The highest BCUT2D eigenvalue weighted by Gasteiger charge is 2.19. The molecule has 4 nitrogen and oxygen atoms in total. The highest BCUT2D eigenvalue weighted by molar-refractivity contribution is 5.98. The summed E-state index contributed by atoms with van der Waals surface area (Å²) in [4.78, 5) is 4.00. The minimum Gasteiger partial charge on any atom is -0.411 e. The van der Waals surface area contributed by atoms with Crippen LogP contribution in [0.4, 0.5) is 8.78 Å². The Morgan fingerprint density at radius 1 is 1.44 bits per heavy atom. The number of imidazole rings is 1. The number of benzene rings is 1. The van der Waals surface area contributed by atoms with Crippen LogP contribution in [0, 0.1) is 0 Å². The molecular weight excluding hydrogens is 216 g/mol. The highest BCUT2D eigenvalue weighted by Crippen LogP contribution is 2.23. The van der Waals surface area contributed by atoms with E-state index < -0.39 is 6.55 Å². The average molecular weight is 225 g/mol. The van der Waals surface area contributed by atoms with Gasteiger partial charge in [-0.05, 0) is 19.1 Å². The number of nitrogens with zero attached hydrogens (tertiary/aromatic N) is 3. The number of para-hydroxylation sites is 2. The lowest BCUT2D eigenvalue weighted by Crippen LogP contribution is -2.09. The first-order valence-electron chi connectivity index (χ1n) is 4.59. The summed E-state index contributed by atoms with van der Waals surface area (Å²) in [5, 5.41) is 11.5. The zero-order valence-electron chi connectivity index (χ0n) is 8.43. The quantitative estimate of drug-likeness (QED) is 0.485. The standard InChI is InChI=1S/C10H9F2N3O/c1-6(14-16)9-13-7-4-2-3-5-8(7)15(9)10(11)12/h2-5,10,16H,1H3. The third-order valence-corrected chi connectivity index (χ3v) is 2.26. The van der Waals surface area contributed by atoms with Crippen LogP contribution in [-0.2, 0) is 0 Å². The van der Waals surface area contributed by atoms with Gasteiger partial charge in [-0.1, -0.05) is 17.3 Å². The maximum absolute atomic E-state index is 12.9. The Bertz CT molecular complexity index is 548. The van der Waals surface area contributed by atoms with Crippen molar-refractivity contribution in [3.8, 4) is 0 Å². The van der Waals surface area contributed by atoms with E-state index in [2.05, 4.69) is 10.1 Å². The minimum atomic E-state index is -2.72. The summed E-state index contributed by atoms with van der Waals surface area (Å²) in [5.41, 5.74) is 0.813. The van der Waals surface area contributed by atoms with Crippen LogP contribution < -0.4 is 0 Å². The molecule has 6 heteroatoms. The summed E-state index contributed by atoms with van der Waals surface area (Å²) in [6.45, 7) is -1.31. The van der Waals surface area contributed by atoms with Gasteiger partial charge in [-0.2, -0.15) is 8.78 Å². The number of alkyl halides is 2. The molecule has 0 radical (unpaired) electrons. The second-order valence-corrected chi connectivity index (χ2v) is 3.26. The van der Waals surface area contributed by atoms with Gasteiger partial charge in [-0.15, -0.1) is 0 Å². The van der Waals surface area contributed by atoms with Gasteiger partial charge in [0.1, 0.15) is 5.71 Å². The third kappa shape index (κ3) is 1.52. The van der Waals surface area contributed by atoms with Crippen molar-refractivity contribution < 1.29 is 14.0 Å². The van der Waals surface area contributed by atoms with E-state index in [1.54, 1.807) is 24.3 Å². The Morgan fingerprint density at radius 3 is 2.75 bits per heavy atom. The van der Waals surface area contributed by atoms with Gasteiger partial charge in [0.05, 0.1) is 11.0 Å². The molecule has 0 aliphatic rings. The Morgan fingerprint density at radius 2 is 2.12 bits per heavy atom. The SMILES string of the molecule is CC(=NO)c1nc2ccccc2n1C(F)F. The summed E-state index contributed by atoms with van der Waals surface area (Å²) in [7, 11) is 0. The lowest BCUT2D eigenvalue weighted by Gasteiger charge is -2.05. The Labute approximate surface area is 89.8 Å².